The van der Waals surface area contributed by atoms with Crippen LogP contribution in [0.1, 0.15) is 36.7 Å². The second-order valence-corrected chi connectivity index (χ2v) is 8.07. The number of hydrogen-bond donors (Lipinski definition) is 1. The summed E-state index contributed by atoms with van der Waals surface area (Å²) in [6.07, 6.45) is 1.69. The van der Waals surface area contributed by atoms with E-state index in [1.54, 1.807) is 6.26 Å². The van der Waals surface area contributed by atoms with Crippen molar-refractivity contribution < 1.29 is 4.42 Å². The molecule has 3 nitrogen and oxygen atoms in total. The van der Waals surface area contributed by atoms with Crippen LogP contribution in [0.3, 0.4) is 0 Å². The molecule has 5 heteroatoms. The van der Waals surface area contributed by atoms with Crippen LogP contribution in [0.5, 0.6) is 0 Å². The van der Waals surface area contributed by atoms with Crippen molar-refractivity contribution in [1.82, 2.24) is 4.90 Å². The predicted octanol–water partition coefficient (Wildman–Crippen LogP) is 6.56. The van der Waals surface area contributed by atoms with Crippen molar-refractivity contribution in [3.05, 3.63) is 88.3 Å². The van der Waals surface area contributed by atoms with Gasteiger partial charge in [0.05, 0.1) is 12.8 Å². The Morgan fingerprint density at radius 2 is 1.74 bits per heavy atom. The number of furan rings is 1. The van der Waals surface area contributed by atoms with Gasteiger partial charge in [-0.3, -0.25) is 0 Å². The van der Waals surface area contributed by atoms with Crippen molar-refractivity contribution in [2.45, 2.75) is 32.9 Å². The molecule has 1 N–H and O–H groups in total. The van der Waals surface area contributed by atoms with Crippen molar-refractivity contribution in [2.24, 2.45) is 0 Å². The maximum Gasteiger partial charge on any atom is 0.174 e. The van der Waals surface area contributed by atoms with Gasteiger partial charge in [-0.05, 0) is 65.7 Å². The summed E-state index contributed by atoms with van der Waals surface area (Å²) in [7, 11) is 0. The summed E-state index contributed by atoms with van der Waals surface area (Å²) >= 11 is 9.15. The number of benzene rings is 2. The van der Waals surface area contributed by atoms with Crippen LogP contribution in [0.4, 0.5) is 5.69 Å². The van der Waals surface area contributed by atoms with E-state index in [1.165, 1.54) is 11.1 Å². The molecule has 0 unspecified atom stereocenters. The summed E-state index contributed by atoms with van der Waals surface area (Å²) in [5, 5.41) is 3.99. The third kappa shape index (κ3) is 5.68. The highest BCUT2D eigenvalue weighted by Crippen LogP contribution is 2.19. The smallest absolute Gasteiger partial charge is 0.174 e. The van der Waals surface area contributed by atoms with E-state index in [2.05, 4.69) is 64.3 Å². The number of thiocarbonyl (C=S) groups is 1. The molecule has 0 spiro atoms. The first kappa shape index (κ1) is 19.6. The first-order chi connectivity index (χ1) is 13.0. The van der Waals surface area contributed by atoms with Gasteiger partial charge in [0.25, 0.3) is 0 Å². The number of nitrogens with zero attached hydrogens (tertiary/aromatic N) is 1. The molecule has 0 saturated heterocycles. The summed E-state index contributed by atoms with van der Waals surface area (Å²) in [5.74, 6) is 1.41. The average Bonchev–Trinajstić information content (AvgIpc) is 3.16. The van der Waals surface area contributed by atoms with Gasteiger partial charge < -0.3 is 14.6 Å². The van der Waals surface area contributed by atoms with Crippen LogP contribution in [0.15, 0.2) is 75.8 Å². The Morgan fingerprint density at radius 3 is 2.33 bits per heavy atom. The summed E-state index contributed by atoms with van der Waals surface area (Å²) in [5.41, 5.74) is 3.51. The lowest BCUT2D eigenvalue weighted by Gasteiger charge is -2.25. The number of rotatable bonds is 6. The van der Waals surface area contributed by atoms with E-state index in [1.807, 2.05) is 36.4 Å². The Bertz CT molecular complexity index is 858. The molecule has 2 aromatic carbocycles. The minimum atomic E-state index is 0.526. The zero-order valence-electron chi connectivity index (χ0n) is 15.5. The monoisotopic (exact) mass is 442 g/mol. The van der Waals surface area contributed by atoms with Crippen LogP contribution in [0.2, 0.25) is 0 Å². The van der Waals surface area contributed by atoms with E-state index < -0.39 is 0 Å². The van der Waals surface area contributed by atoms with E-state index in [4.69, 9.17) is 16.6 Å². The molecular formula is C22H23BrN2OS. The van der Waals surface area contributed by atoms with Crippen LogP contribution in [0.25, 0.3) is 0 Å². The van der Waals surface area contributed by atoms with Crippen molar-refractivity contribution in [3.63, 3.8) is 0 Å². The molecular weight excluding hydrogens is 420 g/mol. The van der Waals surface area contributed by atoms with Crippen LogP contribution < -0.4 is 5.32 Å². The van der Waals surface area contributed by atoms with Crippen LogP contribution >= 0.6 is 28.1 Å². The van der Waals surface area contributed by atoms with Crippen LogP contribution in [-0.2, 0) is 13.1 Å². The Labute approximate surface area is 174 Å². The Morgan fingerprint density at radius 1 is 1.04 bits per heavy atom. The quantitative estimate of drug-likeness (QED) is 0.437. The summed E-state index contributed by atoms with van der Waals surface area (Å²) in [6.45, 7) is 5.73. The maximum atomic E-state index is 5.69. The summed E-state index contributed by atoms with van der Waals surface area (Å²) in [4.78, 5) is 2.11. The lowest BCUT2D eigenvalue weighted by molar-refractivity contribution is 0.360. The van der Waals surface area contributed by atoms with Crippen molar-refractivity contribution in [1.29, 1.82) is 0 Å². The van der Waals surface area contributed by atoms with Crippen molar-refractivity contribution in [3.8, 4) is 0 Å². The van der Waals surface area contributed by atoms with Gasteiger partial charge in [-0.1, -0.05) is 54.0 Å². The number of nitrogens with one attached hydrogen (secondary N) is 1. The van der Waals surface area contributed by atoms with Gasteiger partial charge in [0.2, 0.25) is 0 Å². The Kier molecular flexibility index (Phi) is 6.69. The van der Waals surface area contributed by atoms with Crippen molar-refractivity contribution >= 4 is 38.9 Å². The molecule has 3 aromatic rings. The molecule has 0 amide bonds. The lowest BCUT2D eigenvalue weighted by Crippen LogP contribution is -2.33. The van der Waals surface area contributed by atoms with Gasteiger partial charge in [0.15, 0.2) is 5.11 Å². The average molecular weight is 443 g/mol. The summed E-state index contributed by atoms with van der Waals surface area (Å²) in [6, 6.07) is 20.6. The van der Waals surface area contributed by atoms with Crippen LogP contribution in [-0.4, -0.2) is 10.0 Å². The molecule has 0 aliphatic carbocycles. The predicted molar refractivity (Wildman–Crippen MR) is 119 cm³/mol. The third-order valence-corrected chi connectivity index (χ3v) is 5.22. The highest BCUT2D eigenvalue weighted by molar-refractivity contribution is 9.10. The molecule has 0 atom stereocenters. The number of hydrogen-bond acceptors (Lipinski definition) is 2. The SMILES string of the molecule is CC(C)c1ccc(CN(Cc2ccco2)C(=S)Nc2ccc(Br)cc2)cc1. The van der Waals surface area contributed by atoms with Gasteiger partial charge in [-0.2, -0.15) is 0 Å². The van der Waals surface area contributed by atoms with E-state index in [0.29, 0.717) is 24.1 Å². The number of anilines is 1. The fraction of sp³-hybridized carbons (Fsp3) is 0.227. The molecule has 0 saturated carbocycles. The minimum absolute atomic E-state index is 0.526. The standard InChI is InChI=1S/C22H23BrN2OS/c1-16(2)18-7-5-17(6-8-18)14-25(15-21-4-3-13-26-21)22(27)24-20-11-9-19(23)10-12-20/h3-13,16H,14-15H2,1-2H3,(H,24,27). The van der Waals surface area contributed by atoms with E-state index in [9.17, 15) is 0 Å². The van der Waals surface area contributed by atoms with Gasteiger partial charge in [0, 0.05) is 16.7 Å². The van der Waals surface area contributed by atoms with E-state index in [0.717, 1.165) is 15.9 Å². The number of halogens is 1. The van der Waals surface area contributed by atoms with Gasteiger partial charge in [-0.15, -0.1) is 0 Å². The third-order valence-electron chi connectivity index (χ3n) is 4.33. The molecule has 0 fully saturated rings. The topological polar surface area (TPSA) is 28.4 Å². The van der Waals surface area contributed by atoms with Gasteiger partial charge >= 0.3 is 0 Å². The first-order valence-electron chi connectivity index (χ1n) is 8.94. The highest BCUT2D eigenvalue weighted by atomic mass is 79.9. The van der Waals surface area contributed by atoms with Gasteiger partial charge in [-0.25, -0.2) is 0 Å². The van der Waals surface area contributed by atoms with Gasteiger partial charge in [0.1, 0.15) is 5.76 Å². The molecule has 27 heavy (non-hydrogen) atoms. The fourth-order valence-electron chi connectivity index (χ4n) is 2.75. The molecule has 1 heterocycles. The van der Waals surface area contributed by atoms with E-state index >= 15 is 0 Å². The second-order valence-electron chi connectivity index (χ2n) is 6.77. The van der Waals surface area contributed by atoms with Crippen LogP contribution in [0, 0.1) is 0 Å². The molecule has 140 valence electrons. The largest absolute Gasteiger partial charge is 0.467 e. The molecule has 0 radical (unpaired) electrons. The minimum Gasteiger partial charge on any atom is -0.467 e. The summed E-state index contributed by atoms with van der Waals surface area (Å²) < 4.78 is 6.57. The zero-order chi connectivity index (χ0) is 19.2. The molecule has 1 aromatic heterocycles. The zero-order valence-corrected chi connectivity index (χ0v) is 17.9. The van der Waals surface area contributed by atoms with E-state index in [-0.39, 0.29) is 0 Å². The molecule has 0 aliphatic heterocycles. The molecule has 0 bridgehead atoms. The lowest BCUT2D eigenvalue weighted by atomic mass is 10.0. The molecule has 3 rings (SSSR count). The Hall–Kier alpha value is -2.11. The second kappa shape index (κ2) is 9.20. The molecule has 0 aliphatic rings. The Balaban J connectivity index is 1.75. The van der Waals surface area contributed by atoms with Crippen molar-refractivity contribution in [2.75, 3.05) is 5.32 Å². The highest BCUT2D eigenvalue weighted by Gasteiger charge is 2.13. The normalized spacial score (nSPS) is 10.8. The maximum absolute atomic E-state index is 5.69. The fourth-order valence-corrected chi connectivity index (χ4v) is 3.27. The first-order valence-corrected chi connectivity index (χ1v) is 10.1.